The van der Waals surface area contributed by atoms with E-state index in [1.54, 1.807) is 36.4 Å². The van der Waals surface area contributed by atoms with Crippen LogP contribution in [0.2, 0.25) is 10.0 Å². The molecule has 0 radical (unpaired) electrons. The van der Waals surface area contributed by atoms with Crippen molar-refractivity contribution in [2.24, 2.45) is 0 Å². The van der Waals surface area contributed by atoms with E-state index >= 15 is 0 Å². The first-order valence-electron chi connectivity index (χ1n) is 6.74. The molecule has 0 bridgehead atoms. The number of fused-ring (bicyclic) bond motifs is 1. The normalized spacial score (nSPS) is 12.1. The van der Waals surface area contributed by atoms with Gasteiger partial charge in [0.05, 0.1) is 5.02 Å². The van der Waals surface area contributed by atoms with Crippen LogP contribution in [0.15, 0.2) is 36.4 Å². The first kappa shape index (κ1) is 15.8. The molecule has 0 saturated heterocycles. The van der Waals surface area contributed by atoms with E-state index < -0.39 is 5.97 Å². The van der Waals surface area contributed by atoms with E-state index in [0.717, 1.165) is 0 Å². The van der Waals surface area contributed by atoms with Crippen LogP contribution in [0.4, 0.5) is 0 Å². The predicted octanol–water partition coefficient (Wildman–Crippen LogP) is 3.84. The zero-order valence-electron chi connectivity index (χ0n) is 11.9. The van der Waals surface area contributed by atoms with Gasteiger partial charge in [0.15, 0.2) is 18.1 Å². The minimum atomic E-state index is -0.506. The molecular weight excluding hydrogens is 343 g/mol. The molecular formula is C16H12Cl2O5. The lowest BCUT2D eigenvalue weighted by Gasteiger charge is -2.09. The minimum Gasteiger partial charge on any atom is -0.482 e. The Kier molecular flexibility index (Phi) is 4.79. The van der Waals surface area contributed by atoms with Gasteiger partial charge in [0.1, 0.15) is 12.4 Å². The first-order valence-corrected chi connectivity index (χ1v) is 7.49. The highest BCUT2D eigenvalue weighted by Gasteiger charge is 2.17. The Morgan fingerprint density at radius 3 is 2.52 bits per heavy atom. The molecule has 23 heavy (non-hydrogen) atoms. The molecule has 2 aromatic carbocycles. The molecule has 1 aliphatic rings. The third-order valence-corrected chi connectivity index (χ3v) is 3.70. The van der Waals surface area contributed by atoms with Crippen LogP contribution in [0.3, 0.4) is 0 Å². The van der Waals surface area contributed by atoms with Crippen molar-refractivity contribution < 1.29 is 23.7 Å². The molecule has 7 heteroatoms. The summed E-state index contributed by atoms with van der Waals surface area (Å²) in [4.78, 5) is 11.7. The lowest BCUT2D eigenvalue weighted by atomic mass is 10.2. The zero-order valence-corrected chi connectivity index (χ0v) is 13.4. The highest BCUT2D eigenvalue weighted by molar-refractivity contribution is 6.31. The SMILES string of the molecule is O=C(COc1ccc(Cl)cc1)OCc1cc2c(cc1Cl)OCO2. The minimum absolute atomic E-state index is 0.0261. The van der Waals surface area contributed by atoms with Gasteiger partial charge in [-0.1, -0.05) is 23.2 Å². The average Bonchev–Trinajstić information content (AvgIpc) is 2.99. The highest BCUT2D eigenvalue weighted by atomic mass is 35.5. The molecule has 3 rings (SSSR count). The molecule has 120 valence electrons. The van der Waals surface area contributed by atoms with Crippen molar-refractivity contribution in [3.8, 4) is 17.2 Å². The van der Waals surface area contributed by atoms with Crippen molar-refractivity contribution in [1.29, 1.82) is 0 Å². The zero-order chi connectivity index (χ0) is 16.2. The molecule has 5 nitrogen and oxygen atoms in total. The summed E-state index contributed by atoms with van der Waals surface area (Å²) in [6, 6.07) is 10.0. The average molecular weight is 355 g/mol. The number of esters is 1. The maximum Gasteiger partial charge on any atom is 0.344 e. The van der Waals surface area contributed by atoms with Crippen molar-refractivity contribution in [2.45, 2.75) is 6.61 Å². The second kappa shape index (κ2) is 6.98. The maximum atomic E-state index is 11.7. The summed E-state index contributed by atoms with van der Waals surface area (Å²) in [7, 11) is 0. The number of ether oxygens (including phenoxy) is 4. The van der Waals surface area contributed by atoms with Gasteiger partial charge in [-0.3, -0.25) is 0 Å². The number of carbonyl (C=O) groups is 1. The fourth-order valence-electron chi connectivity index (χ4n) is 1.94. The van der Waals surface area contributed by atoms with Crippen molar-refractivity contribution in [3.63, 3.8) is 0 Å². The molecule has 0 aromatic heterocycles. The second-order valence-electron chi connectivity index (χ2n) is 4.70. The van der Waals surface area contributed by atoms with Crippen LogP contribution >= 0.6 is 23.2 Å². The van der Waals surface area contributed by atoms with Crippen LogP contribution in [0.5, 0.6) is 17.2 Å². The van der Waals surface area contributed by atoms with Crippen LogP contribution in [-0.4, -0.2) is 19.4 Å². The Bertz CT molecular complexity index is 715. The summed E-state index contributed by atoms with van der Waals surface area (Å²) in [6.07, 6.45) is 0. The van der Waals surface area contributed by atoms with Crippen molar-refractivity contribution in [2.75, 3.05) is 13.4 Å². The quantitative estimate of drug-likeness (QED) is 0.763. The van der Waals surface area contributed by atoms with Crippen LogP contribution in [0.1, 0.15) is 5.56 Å². The van der Waals surface area contributed by atoms with Crippen LogP contribution in [0.25, 0.3) is 0 Å². The molecule has 1 heterocycles. The van der Waals surface area contributed by atoms with E-state index in [-0.39, 0.29) is 20.0 Å². The summed E-state index contributed by atoms with van der Waals surface area (Å²) < 4.78 is 20.9. The molecule has 0 spiro atoms. The number of benzene rings is 2. The maximum absolute atomic E-state index is 11.7. The summed E-state index contributed by atoms with van der Waals surface area (Å²) in [5.41, 5.74) is 0.635. The number of rotatable bonds is 5. The van der Waals surface area contributed by atoms with Gasteiger partial charge in [0, 0.05) is 16.7 Å². The smallest absolute Gasteiger partial charge is 0.344 e. The monoisotopic (exact) mass is 354 g/mol. The third kappa shape index (κ3) is 4.00. The van der Waals surface area contributed by atoms with Gasteiger partial charge in [-0.25, -0.2) is 4.79 Å². The molecule has 0 aliphatic carbocycles. The third-order valence-electron chi connectivity index (χ3n) is 3.10. The van der Waals surface area contributed by atoms with Gasteiger partial charge in [-0.05, 0) is 30.3 Å². The van der Waals surface area contributed by atoms with Crippen LogP contribution < -0.4 is 14.2 Å². The fraction of sp³-hybridized carbons (Fsp3) is 0.188. The number of hydrogen-bond acceptors (Lipinski definition) is 5. The Labute approximate surface area is 142 Å². The second-order valence-corrected chi connectivity index (χ2v) is 5.54. The molecule has 0 unspecified atom stereocenters. The standard InChI is InChI=1S/C16H12Cl2O5/c17-11-1-3-12(4-2-11)20-8-16(19)21-7-10-5-14-15(6-13(10)18)23-9-22-14/h1-6H,7-9H2. The fourth-order valence-corrected chi connectivity index (χ4v) is 2.28. The van der Waals surface area contributed by atoms with E-state index in [1.165, 1.54) is 0 Å². The number of halogens is 2. The summed E-state index contributed by atoms with van der Waals surface area (Å²) in [5, 5.41) is 1.04. The van der Waals surface area contributed by atoms with Gasteiger partial charge >= 0.3 is 5.97 Å². The Morgan fingerprint density at radius 1 is 1.09 bits per heavy atom. The molecule has 2 aromatic rings. The molecule has 1 aliphatic heterocycles. The van der Waals surface area contributed by atoms with Gasteiger partial charge in [0.25, 0.3) is 0 Å². The molecule has 0 fully saturated rings. The van der Waals surface area contributed by atoms with Crippen molar-refractivity contribution in [1.82, 2.24) is 0 Å². The lowest BCUT2D eigenvalue weighted by Crippen LogP contribution is -2.14. The van der Waals surface area contributed by atoms with E-state index in [1.807, 2.05) is 0 Å². The molecule has 0 atom stereocenters. The lowest BCUT2D eigenvalue weighted by molar-refractivity contribution is -0.147. The number of carbonyl (C=O) groups excluding carboxylic acids is 1. The summed E-state index contributed by atoms with van der Waals surface area (Å²) >= 11 is 11.9. The first-order chi connectivity index (χ1) is 11.1. The number of hydrogen-bond donors (Lipinski definition) is 0. The van der Waals surface area contributed by atoms with Gasteiger partial charge in [-0.2, -0.15) is 0 Å². The Morgan fingerprint density at radius 2 is 1.78 bits per heavy atom. The predicted molar refractivity (Wildman–Crippen MR) is 84.3 cm³/mol. The summed E-state index contributed by atoms with van der Waals surface area (Å²) in [5.74, 6) is 1.19. The van der Waals surface area contributed by atoms with E-state index in [4.69, 9.17) is 42.1 Å². The highest BCUT2D eigenvalue weighted by Crippen LogP contribution is 2.37. The van der Waals surface area contributed by atoms with Gasteiger partial charge in [-0.15, -0.1) is 0 Å². The van der Waals surface area contributed by atoms with Crippen molar-refractivity contribution in [3.05, 3.63) is 52.0 Å². The van der Waals surface area contributed by atoms with Gasteiger partial charge < -0.3 is 18.9 Å². The topological polar surface area (TPSA) is 54.0 Å². The summed E-state index contributed by atoms with van der Waals surface area (Å²) in [6.45, 7) is -0.0219. The molecule has 0 saturated carbocycles. The van der Waals surface area contributed by atoms with Gasteiger partial charge in [0.2, 0.25) is 6.79 Å². The van der Waals surface area contributed by atoms with E-state index in [9.17, 15) is 4.79 Å². The van der Waals surface area contributed by atoms with E-state index in [2.05, 4.69) is 0 Å². The molecule has 0 N–H and O–H groups in total. The van der Waals surface area contributed by atoms with Crippen molar-refractivity contribution >= 4 is 29.2 Å². The largest absolute Gasteiger partial charge is 0.482 e. The van der Waals surface area contributed by atoms with Crippen LogP contribution in [-0.2, 0) is 16.1 Å². The Balaban J connectivity index is 1.52. The van der Waals surface area contributed by atoms with E-state index in [0.29, 0.717) is 32.9 Å². The molecule has 0 amide bonds. The van der Waals surface area contributed by atoms with Crippen LogP contribution in [0, 0.1) is 0 Å². The Hall–Kier alpha value is -2.11.